The molecule has 6 atom stereocenters. The molecule has 1 aliphatic rings. The van der Waals surface area contributed by atoms with Gasteiger partial charge in [0.15, 0.2) is 6.29 Å². The molecule has 3 aromatic carbocycles. The number of aliphatic hydroxyl groups is 2. The summed E-state index contributed by atoms with van der Waals surface area (Å²) in [6, 6.07) is 24.8. The zero-order valence-corrected chi connectivity index (χ0v) is 26.1. The molecule has 1 fully saturated rings. The maximum atomic E-state index is 11.9. The third kappa shape index (κ3) is 8.24. The number of amides is 1. The van der Waals surface area contributed by atoms with Crippen molar-refractivity contribution in [2.75, 3.05) is 13.6 Å². The van der Waals surface area contributed by atoms with E-state index in [9.17, 15) is 15.0 Å². The SMILES string of the molecule is CC1C(CN(C)C(C)C(O)c2ccccc2)OC(c2ccc(CNC(=O)C(Cl)(Cl)Cl)cc2)OC1c1ccc(CO)cc1. The normalized spacial score (nSPS) is 22.5. The lowest BCUT2D eigenvalue weighted by Crippen LogP contribution is -2.46. The standard InChI is InChI=1S/C32H37Cl3N2O5/c1-20-27(18-37(3)21(2)28(39)24-7-5-4-6-8-24)41-30(42-29(20)25-13-11-23(19-38)12-14-25)26-15-9-22(10-16-26)17-36-31(40)32(33,34)35/h4-16,20-21,27-30,38-39H,17-19H2,1-3H3,(H,36,40). The smallest absolute Gasteiger partial charge is 0.272 e. The molecule has 0 aliphatic carbocycles. The third-order valence-corrected chi connectivity index (χ3v) is 8.36. The van der Waals surface area contributed by atoms with Crippen LogP contribution in [0.2, 0.25) is 0 Å². The van der Waals surface area contributed by atoms with Crippen molar-refractivity contribution in [1.82, 2.24) is 10.2 Å². The fraction of sp³-hybridized carbons (Fsp3) is 0.406. The van der Waals surface area contributed by atoms with Crippen LogP contribution in [0.4, 0.5) is 0 Å². The first-order valence-corrected chi connectivity index (χ1v) is 15.0. The summed E-state index contributed by atoms with van der Waals surface area (Å²) >= 11 is 16.9. The van der Waals surface area contributed by atoms with Crippen molar-refractivity contribution >= 4 is 40.7 Å². The molecular weight excluding hydrogens is 599 g/mol. The second-order valence-corrected chi connectivity index (χ2v) is 13.1. The van der Waals surface area contributed by atoms with Crippen LogP contribution in [0.3, 0.4) is 0 Å². The number of aliphatic hydroxyl groups excluding tert-OH is 2. The van der Waals surface area contributed by atoms with Gasteiger partial charge in [-0.3, -0.25) is 9.69 Å². The van der Waals surface area contributed by atoms with Crippen molar-refractivity contribution < 1.29 is 24.5 Å². The molecule has 0 spiro atoms. The number of benzene rings is 3. The maximum Gasteiger partial charge on any atom is 0.272 e. The molecular formula is C32H37Cl3N2O5. The number of carbonyl (C=O) groups excluding carboxylic acids is 1. The lowest BCUT2D eigenvalue weighted by Gasteiger charge is -2.43. The van der Waals surface area contributed by atoms with Crippen molar-refractivity contribution in [1.29, 1.82) is 0 Å². The van der Waals surface area contributed by atoms with Crippen LogP contribution in [-0.4, -0.2) is 50.6 Å². The van der Waals surface area contributed by atoms with Gasteiger partial charge in [0.2, 0.25) is 0 Å². The molecule has 1 heterocycles. The maximum absolute atomic E-state index is 11.9. The minimum absolute atomic E-state index is 0.0128. The summed E-state index contributed by atoms with van der Waals surface area (Å²) in [6.07, 6.45) is -1.79. The average Bonchev–Trinajstić information content (AvgIpc) is 3.00. The fourth-order valence-electron chi connectivity index (χ4n) is 5.02. The van der Waals surface area contributed by atoms with Crippen LogP contribution >= 0.6 is 34.8 Å². The summed E-state index contributed by atoms with van der Waals surface area (Å²) < 4.78 is 11.1. The van der Waals surface area contributed by atoms with E-state index in [1.807, 2.05) is 92.8 Å². The molecule has 7 nitrogen and oxygen atoms in total. The van der Waals surface area contributed by atoms with Crippen LogP contribution in [0.1, 0.15) is 60.2 Å². The second-order valence-electron chi connectivity index (χ2n) is 10.8. The lowest BCUT2D eigenvalue weighted by atomic mass is 9.89. The zero-order valence-electron chi connectivity index (χ0n) is 23.8. The van der Waals surface area contributed by atoms with E-state index in [2.05, 4.69) is 17.1 Å². The molecule has 1 aliphatic heterocycles. The Morgan fingerprint density at radius 3 is 2.14 bits per heavy atom. The Kier molecular flexibility index (Phi) is 11.3. The van der Waals surface area contributed by atoms with Crippen LogP contribution in [-0.2, 0) is 27.4 Å². The quantitative estimate of drug-likeness (QED) is 0.237. The molecule has 0 aromatic heterocycles. The molecule has 10 heteroatoms. The van der Waals surface area contributed by atoms with Crippen molar-refractivity contribution in [3.63, 3.8) is 0 Å². The molecule has 226 valence electrons. The highest BCUT2D eigenvalue weighted by atomic mass is 35.6. The van der Waals surface area contributed by atoms with Crippen LogP contribution in [0.15, 0.2) is 78.9 Å². The Morgan fingerprint density at radius 2 is 1.55 bits per heavy atom. The van der Waals surface area contributed by atoms with Gasteiger partial charge in [-0.25, -0.2) is 0 Å². The van der Waals surface area contributed by atoms with Crippen molar-refractivity contribution in [3.05, 3.63) is 107 Å². The number of likely N-dealkylation sites (N-methyl/N-ethyl adjacent to an activating group) is 1. The van der Waals surface area contributed by atoms with E-state index < -0.39 is 22.1 Å². The van der Waals surface area contributed by atoms with E-state index in [0.717, 1.165) is 27.8 Å². The monoisotopic (exact) mass is 634 g/mol. The molecule has 0 saturated carbocycles. The fourth-order valence-corrected chi connectivity index (χ4v) is 5.22. The van der Waals surface area contributed by atoms with E-state index in [1.54, 1.807) is 0 Å². The van der Waals surface area contributed by atoms with Crippen LogP contribution in [0, 0.1) is 5.92 Å². The summed E-state index contributed by atoms with van der Waals surface area (Å²) in [7, 11) is 1.99. The van der Waals surface area contributed by atoms with Crippen molar-refractivity contribution in [3.8, 4) is 0 Å². The van der Waals surface area contributed by atoms with Gasteiger partial charge < -0.3 is 25.0 Å². The Hall–Kier alpha value is -2.20. The molecule has 3 aromatic rings. The van der Waals surface area contributed by atoms with E-state index in [-0.39, 0.29) is 37.3 Å². The molecule has 1 amide bonds. The van der Waals surface area contributed by atoms with E-state index in [0.29, 0.717) is 6.54 Å². The van der Waals surface area contributed by atoms with E-state index in [4.69, 9.17) is 44.3 Å². The molecule has 0 radical (unpaired) electrons. The summed E-state index contributed by atoms with van der Waals surface area (Å²) in [5, 5.41) is 23.2. The average molecular weight is 636 g/mol. The van der Waals surface area contributed by atoms with Gasteiger partial charge in [0, 0.05) is 30.6 Å². The highest BCUT2D eigenvalue weighted by Crippen LogP contribution is 2.42. The van der Waals surface area contributed by atoms with Gasteiger partial charge in [-0.2, -0.15) is 0 Å². The number of nitrogens with one attached hydrogen (secondary N) is 1. The van der Waals surface area contributed by atoms with Crippen LogP contribution in [0.25, 0.3) is 0 Å². The molecule has 0 bridgehead atoms. The highest BCUT2D eigenvalue weighted by molar-refractivity contribution is 6.76. The topological polar surface area (TPSA) is 91.3 Å². The third-order valence-electron chi connectivity index (χ3n) is 7.85. The number of nitrogens with zero attached hydrogens (tertiary/aromatic N) is 1. The number of rotatable bonds is 10. The Balaban J connectivity index is 1.53. The predicted octanol–water partition coefficient (Wildman–Crippen LogP) is 6.01. The summed E-state index contributed by atoms with van der Waals surface area (Å²) in [5.74, 6) is -0.709. The van der Waals surface area contributed by atoms with Gasteiger partial charge in [-0.05, 0) is 36.2 Å². The van der Waals surface area contributed by atoms with Gasteiger partial charge in [0.1, 0.15) is 0 Å². The summed E-state index contributed by atoms with van der Waals surface area (Å²) in [6.45, 7) is 4.85. The molecule has 6 unspecified atom stereocenters. The van der Waals surface area contributed by atoms with Gasteiger partial charge in [0.25, 0.3) is 9.70 Å². The molecule has 42 heavy (non-hydrogen) atoms. The second kappa shape index (κ2) is 14.5. The first kappa shape index (κ1) is 32.7. The molecule has 3 N–H and O–H groups in total. The van der Waals surface area contributed by atoms with Gasteiger partial charge in [-0.15, -0.1) is 0 Å². The van der Waals surface area contributed by atoms with Crippen LogP contribution < -0.4 is 5.32 Å². The zero-order chi connectivity index (χ0) is 30.4. The first-order valence-electron chi connectivity index (χ1n) is 13.9. The Bertz CT molecular complexity index is 1290. The summed E-state index contributed by atoms with van der Waals surface area (Å²) in [5.41, 5.74) is 4.32. The van der Waals surface area contributed by atoms with Crippen molar-refractivity contribution in [2.24, 2.45) is 5.92 Å². The Morgan fingerprint density at radius 1 is 0.952 bits per heavy atom. The largest absolute Gasteiger partial charge is 0.392 e. The van der Waals surface area contributed by atoms with Gasteiger partial charge >= 0.3 is 0 Å². The minimum Gasteiger partial charge on any atom is -0.392 e. The Labute approximate surface area is 262 Å². The number of hydrogen-bond acceptors (Lipinski definition) is 6. The van der Waals surface area contributed by atoms with Gasteiger partial charge in [0.05, 0.1) is 24.9 Å². The van der Waals surface area contributed by atoms with Crippen LogP contribution in [0.5, 0.6) is 0 Å². The highest BCUT2D eigenvalue weighted by Gasteiger charge is 2.39. The first-order chi connectivity index (χ1) is 20.0. The van der Waals surface area contributed by atoms with Crippen molar-refractivity contribution in [2.45, 2.75) is 61.4 Å². The minimum atomic E-state index is -2.03. The van der Waals surface area contributed by atoms with E-state index >= 15 is 0 Å². The lowest BCUT2D eigenvalue weighted by molar-refractivity contribution is -0.276. The predicted molar refractivity (Wildman–Crippen MR) is 165 cm³/mol. The number of ether oxygens (including phenoxy) is 2. The van der Waals surface area contributed by atoms with E-state index in [1.165, 1.54) is 0 Å². The number of hydrogen-bond donors (Lipinski definition) is 3. The summed E-state index contributed by atoms with van der Waals surface area (Å²) in [4.78, 5) is 14.0. The molecule has 1 saturated heterocycles. The van der Waals surface area contributed by atoms with Gasteiger partial charge in [-0.1, -0.05) is 121 Å². The number of alkyl halides is 3. The molecule has 4 rings (SSSR count). The number of carbonyl (C=O) groups is 1. The number of halogens is 3.